The number of nitrogens with zero attached hydrogens (tertiary/aromatic N) is 3. The van der Waals surface area contributed by atoms with Crippen LogP contribution in [0.25, 0.3) is 22.5 Å². The average Bonchev–Trinajstić information content (AvgIpc) is 3.38. The number of nitrogens with one attached hydrogen (secondary N) is 2. The molecule has 9 heteroatoms. The zero-order valence-corrected chi connectivity index (χ0v) is 16.5. The number of H-pyrrole nitrogens is 1. The summed E-state index contributed by atoms with van der Waals surface area (Å²) in [6, 6.07) is 15.1. The van der Waals surface area contributed by atoms with Crippen LogP contribution in [0.5, 0.6) is 5.75 Å². The Morgan fingerprint density at radius 1 is 1.17 bits per heavy atom. The van der Waals surface area contributed by atoms with Crippen molar-refractivity contribution in [1.29, 1.82) is 0 Å². The van der Waals surface area contributed by atoms with Gasteiger partial charge >= 0.3 is 0 Å². The number of hydrogen-bond acceptors (Lipinski definition) is 7. The van der Waals surface area contributed by atoms with Crippen LogP contribution < -0.4 is 10.1 Å². The van der Waals surface area contributed by atoms with Gasteiger partial charge in [-0.05, 0) is 43.3 Å². The number of hydrogen-bond donors (Lipinski definition) is 2. The fourth-order valence-corrected chi connectivity index (χ4v) is 3.29. The Hall–Kier alpha value is -3.33. The van der Waals surface area contributed by atoms with Gasteiger partial charge < -0.3 is 19.5 Å². The lowest BCUT2D eigenvalue weighted by atomic mass is 10.2. The molecule has 0 aliphatic heterocycles. The van der Waals surface area contributed by atoms with E-state index in [1.54, 1.807) is 0 Å². The molecule has 8 nitrogen and oxygen atoms in total. The highest BCUT2D eigenvalue weighted by Crippen LogP contribution is 2.24. The monoisotopic (exact) mass is 409 g/mol. The minimum Gasteiger partial charge on any atom is -0.494 e. The third kappa shape index (κ3) is 4.75. The van der Waals surface area contributed by atoms with Gasteiger partial charge in [0, 0.05) is 5.56 Å². The molecule has 0 saturated carbocycles. The van der Waals surface area contributed by atoms with Crippen LogP contribution in [0.2, 0.25) is 0 Å². The van der Waals surface area contributed by atoms with E-state index in [9.17, 15) is 4.79 Å². The van der Waals surface area contributed by atoms with E-state index < -0.39 is 0 Å². The Bertz CT molecular complexity index is 1070. The molecule has 0 aliphatic carbocycles. The fourth-order valence-electron chi connectivity index (χ4n) is 2.70. The first-order valence-corrected chi connectivity index (χ1v) is 10.1. The van der Waals surface area contributed by atoms with Crippen molar-refractivity contribution in [3.8, 4) is 17.2 Å². The van der Waals surface area contributed by atoms with Crippen molar-refractivity contribution in [3.05, 3.63) is 54.4 Å². The summed E-state index contributed by atoms with van der Waals surface area (Å²) in [4.78, 5) is 19.7. The largest absolute Gasteiger partial charge is 0.494 e. The Morgan fingerprint density at radius 2 is 2.00 bits per heavy atom. The van der Waals surface area contributed by atoms with Crippen LogP contribution in [0, 0.1) is 0 Å². The topological polar surface area (TPSA) is 106 Å². The molecule has 4 rings (SSSR count). The standard InChI is InChI=1S/C20H19N5O3S/c1-2-27-14-9-7-13(8-10-14)19-24-25-20(28-19)29-12-18(26)21-11-17-22-15-5-3-4-6-16(15)23-17/h3-10H,2,11-12H2,1H3,(H,21,26)(H,22,23). The first kappa shape index (κ1) is 19.0. The van der Waals surface area contributed by atoms with E-state index in [1.807, 2.05) is 55.5 Å². The normalized spacial score (nSPS) is 10.9. The Kier molecular flexibility index (Phi) is 5.76. The van der Waals surface area contributed by atoms with Gasteiger partial charge in [0.1, 0.15) is 11.6 Å². The number of benzene rings is 2. The number of para-hydroxylation sites is 2. The van der Waals surface area contributed by atoms with Crippen LogP contribution in [0.4, 0.5) is 0 Å². The molecule has 148 valence electrons. The summed E-state index contributed by atoms with van der Waals surface area (Å²) in [6.45, 7) is 2.87. The van der Waals surface area contributed by atoms with E-state index in [0.717, 1.165) is 22.3 Å². The summed E-state index contributed by atoms with van der Waals surface area (Å²) in [5.74, 6) is 1.92. The van der Waals surface area contributed by atoms with Crippen molar-refractivity contribution < 1.29 is 13.9 Å². The third-order valence-corrected chi connectivity index (χ3v) is 4.86. The van der Waals surface area contributed by atoms with Gasteiger partial charge in [0.15, 0.2) is 0 Å². The summed E-state index contributed by atoms with van der Waals surface area (Å²) >= 11 is 1.19. The van der Waals surface area contributed by atoms with Crippen molar-refractivity contribution in [2.45, 2.75) is 18.7 Å². The predicted octanol–water partition coefficient (Wildman–Crippen LogP) is 3.42. The number of fused-ring (bicyclic) bond motifs is 1. The van der Waals surface area contributed by atoms with E-state index in [-0.39, 0.29) is 11.7 Å². The van der Waals surface area contributed by atoms with Crippen molar-refractivity contribution in [2.75, 3.05) is 12.4 Å². The van der Waals surface area contributed by atoms with E-state index in [4.69, 9.17) is 9.15 Å². The highest BCUT2D eigenvalue weighted by atomic mass is 32.2. The van der Waals surface area contributed by atoms with Crippen LogP contribution in [0.3, 0.4) is 0 Å². The Labute approximate surface area is 171 Å². The molecule has 2 aromatic carbocycles. The van der Waals surface area contributed by atoms with Gasteiger partial charge in [0.2, 0.25) is 11.8 Å². The minimum absolute atomic E-state index is 0.142. The van der Waals surface area contributed by atoms with Crippen LogP contribution in [0.15, 0.2) is 58.2 Å². The number of rotatable bonds is 8. The van der Waals surface area contributed by atoms with Gasteiger partial charge in [-0.2, -0.15) is 0 Å². The molecule has 0 saturated heterocycles. The molecule has 1 amide bonds. The van der Waals surface area contributed by atoms with E-state index in [0.29, 0.717) is 30.1 Å². The van der Waals surface area contributed by atoms with Gasteiger partial charge in [-0.1, -0.05) is 23.9 Å². The van der Waals surface area contributed by atoms with Crippen LogP contribution in [-0.4, -0.2) is 38.4 Å². The van der Waals surface area contributed by atoms with Crippen molar-refractivity contribution in [1.82, 2.24) is 25.5 Å². The number of aromatic amines is 1. The molecular formula is C20H19N5O3S. The lowest BCUT2D eigenvalue weighted by Gasteiger charge is -2.02. The molecule has 0 fully saturated rings. The summed E-state index contributed by atoms with van der Waals surface area (Å²) < 4.78 is 11.0. The maximum Gasteiger partial charge on any atom is 0.277 e. The van der Waals surface area contributed by atoms with Crippen LogP contribution >= 0.6 is 11.8 Å². The van der Waals surface area contributed by atoms with Gasteiger partial charge in [-0.15, -0.1) is 10.2 Å². The molecule has 0 unspecified atom stereocenters. The number of thioether (sulfide) groups is 1. The Morgan fingerprint density at radius 3 is 2.79 bits per heavy atom. The molecule has 0 aliphatic rings. The fraction of sp³-hybridized carbons (Fsp3) is 0.200. The quantitative estimate of drug-likeness (QED) is 0.430. The maximum absolute atomic E-state index is 12.1. The van der Waals surface area contributed by atoms with Crippen molar-refractivity contribution in [3.63, 3.8) is 0 Å². The molecule has 0 spiro atoms. The lowest BCUT2D eigenvalue weighted by Crippen LogP contribution is -2.25. The summed E-state index contributed by atoms with van der Waals surface area (Å²) in [6.07, 6.45) is 0. The summed E-state index contributed by atoms with van der Waals surface area (Å²) in [5.41, 5.74) is 2.61. The molecule has 2 N–H and O–H groups in total. The van der Waals surface area contributed by atoms with Crippen molar-refractivity contribution in [2.24, 2.45) is 0 Å². The highest BCUT2D eigenvalue weighted by Gasteiger charge is 2.12. The molecule has 2 heterocycles. The van der Waals surface area contributed by atoms with Gasteiger partial charge in [0.05, 0.1) is 29.9 Å². The van der Waals surface area contributed by atoms with Crippen molar-refractivity contribution >= 4 is 28.7 Å². The zero-order valence-electron chi connectivity index (χ0n) is 15.7. The number of ether oxygens (including phenoxy) is 1. The lowest BCUT2D eigenvalue weighted by molar-refractivity contribution is -0.118. The second-order valence-corrected chi connectivity index (χ2v) is 7.02. The third-order valence-electron chi connectivity index (χ3n) is 4.04. The van der Waals surface area contributed by atoms with E-state index >= 15 is 0 Å². The second kappa shape index (κ2) is 8.78. The van der Waals surface area contributed by atoms with Crippen LogP contribution in [0.1, 0.15) is 12.7 Å². The smallest absolute Gasteiger partial charge is 0.277 e. The van der Waals surface area contributed by atoms with E-state index in [1.165, 1.54) is 11.8 Å². The van der Waals surface area contributed by atoms with Gasteiger partial charge in [-0.3, -0.25) is 4.79 Å². The van der Waals surface area contributed by atoms with Gasteiger partial charge in [0.25, 0.3) is 5.22 Å². The molecule has 2 aromatic heterocycles. The maximum atomic E-state index is 12.1. The number of carbonyl (C=O) groups excluding carboxylic acids is 1. The highest BCUT2D eigenvalue weighted by molar-refractivity contribution is 7.99. The SMILES string of the molecule is CCOc1ccc(-c2nnc(SCC(=O)NCc3nc4ccccc4[nH]3)o2)cc1. The molecule has 0 radical (unpaired) electrons. The van der Waals surface area contributed by atoms with E-state index in [2.05, 4.69) is 25.5 Å². The second-order valence-electron chi connectivity index (χ2n) is 6.10. The Balaban J connectivity index is 1.28. The minimum atomic E-state index is -0.142. The first-order chi connectivity index (χ1) is 14.2. The average molecular weight is 409 g/mol. The number of amides is 1. The molecule has 4 aromatic rings. The zero-order chi connectivity index (χ0) is 20.1. The molecule has 0 atom stereocenters. The molecule has 29 heavy (non-hydrogen) atoms. The number of carbonyl (C=O) groups is 1. The first-order valence-electron chi connectivity index (χ1n) is 9.11. The predicted molar refractivity (Wildman–Crippen MR) is 110 cm³/mol. The summed E-state index contributed by atoms with van der Waals surface area (Å²) in [7, 11) is 0. The summed E-state index contributed by atoms with van der Waals surface area (Å²) in [5, 5.41) is 11.2. The number of aromatic nitrogens is 4. The number of imidazole rings is 1. The van der Waals surface area contributed by atoms with Gasteiger partial charge in [-0.25, -0.2) is 4.98 Å². The molecule has 0 bridgehead atoms. The molecular weight excluding hydrogens is 390 g/mol. The van der Waals surface area contributed by atoms with Crippen LogP contribution in [-0.2, 0) is 11.3 Å².